The van der Waals surface area contributed by atoms with Gasteiger partial charge in [0, 0.05) is 27.6 Å². The zero-order valence-corrected chi connectivity index (χ0v) is 20.6. The number of halogens is 1. The first-order valence-corrected chi connectivity index (χ1v) is 11.8. The third kappa shape index (κ3) is 3.80. The van der Waals surface area contributed by atoms with Gasteiger partial charge in [0.15, 0.2) is 5.82 Å². The molecule has 172 valence electrons. The maximum Gasteiger partial charge on any atom is 0.308 e. The second-order valence-electron chi connectivity index (χ2n) is 7.98. The third-order valence-electron chi connectivity index (χ3n) is 5.91. The molecule has 5 rings (SSSR count). The molecular weight excluding hydrogens is 472 g/mol. The lowest BCUT2D eigenvalue weighted by molar-refractivity contribution is -0.141. The SMILES string of the molecule is COC(=O)C[C@@H]1N=C(c2ccc(-c3cc(Cl)ncn3)cc2)c2c(sc(C)c2C)-n2c(C)nnc21. The number of nitrogens with zero attached hydrogens (tertiary/aromatic N) is 6. The Kier molecular flexibility index (Phi) is 5.75. The first kappa shape index (κ1) is 22.4. The minimum absolute atomic E-state index is 0.0720. The summed E-state index contributed by atoms with van der Waals surface area (Å²) in [4.78, 5) is 26.8. The number of thiophene rings is 1. The van der Waals surface area contributed by atoms with Crippen molar-refractivity contribution in [1.29, 1.82) is 0 Å². The zero-order valence-electron chi connectivity index (χ0n) is 19.0. The molecule has 1 aliphatic rings. The van der Waals surface area contributed by atoms with E-state index >= 15 is 0 Å². The fraction of sp³-hybridized carbons (Fsp3) is 0.250. The molecule has 0 saturated carbocycles. The molecule has 34 heavy (non-hydrogen) atoms. The molecule has 0 N–H and O–H groups in total. The van der Waals surface area contributed by atoms with Gasteiger partial charge >= 0.3 is 5.97 Å². The summed E-state index contributed by atoms with van der Waals surface area (Å²) >= 11 is 7.71. The Bertz CT molecular complexity index is 1440. The number of aliphatic imine (C=N–C) groups is 1. The van der Waals surface area contributed by atoms with E-state index in [9.17, 15) is 4.79 Å². The van der Waals surface area contributed by atoms with E-state index in [-0.39, 0.29) is 12.4 Å². The molecule has 0 bridgehead atoms. The number of rotatable bonds is 4. The van der Waals surface area contributed by atoms with E-state index in [4.69, 9.17) is 21.3 Å². The molecule has 1 aromatic carbocycles. The Morgan fingerprint density at radius 1 is 1.12 bits per heavy atom. The highest BCUT2D eigenvalue weighted by atomic mass is 35.5. The minimum atomic E-state index is -0.525. The van der Waals surface area contributed by atoms with E-state index in [1.165, 1.54) is 18.3 Å². The maximum absolute atomic E-state index is 12.2. The van der Waals surface area contributed by atoms with Gasteiger partial charge in [-0.1, -0.05) is 35.9 Å². The van der Waals surface area contributed by atoms with E-state index in [1.807, 2.05) is 35.8 Å². The zero-order chi connectivity index (χ0) is 24.0. The molecule has 4 heterocycles. The standard InChI is InChI=1S/C24H21ClN6O2S/c1-12-13(2)34-24-21(12)22(16-7-5-15(6-8-16)17-9-19(25)27-11-26-17)28-18(10-20(32)33-4)23-30-29-14(3)31(23)24/h5-9,11,18H,10H2,1-4H3/t18-/m0/s1. The number of hydrogen-bond acceptors (Lipinski definition) is 8. The first-order valence-electron chi connectivity index (χ1n) is 10.6. The number of benzene rings is 1. The van der Waals surface area contributed by atoms with Crippen molar-refractivity contribution < 1.29 is 9.53 Å². The molecule has 0 aliphatic carbocycles. The summed E-state index contributed by atoms with van der Waals surface area (Å²) in [5.74, 6) is 1.03. The van der Waals surface area contributed by atoms with Crippen molar-refractivity contribution in [1.82, 2.24) is 24.7 Å². The molecule has 1 atom stereocenters. The fourth-order valence-corrected chi connectivity index (χ4v) is 5.42. The first-order chi connectivity index (χ1) is 16.4. The highest BCUT2D eigenvalue weighted by molar-refractivity contribution is 7.15. The Balaban J connectivity index is 1.68. The number of ether oxygens (including phenoxy) is 1. The molecular formula is C24H21ClN6O2S. The van der Waals surface area contributed by atoms with Gasteiger partial charge in [-0.15, -0.1) is 21.5 Å². The van der Waals surface area contributed by atoms with Gasteiger partial charge in [-0.2, -0.15) is 0 Å². The van der Waals surface area contributed by atoms with Crippen molar-refractivity contribution >= 4 is 34.6 Å². The summed E-state index contributed by atoms with van der Waals surface area (Å²) < 4.78 is 6.96. The molecule has 0 saturated heterocycles. The molecule has 10 heteroatoms. The average molecular weight is 493 g/mol. The Morgan fingerprint density at radius 3 is 2.56 bits per heavy atom. The smallest absolute Gasteiger partial charge is 0.308 e. The molecule has 0 amide bonds. The molecule has 0 spiro atoms. The number of carbonyl (C=O) groups is 1. The summed E-state index contributed by atoms with van der Waals surface area (Å²) in [6.07, 6.45) is 1.52. The van der Waals surface area contributed by atoms with Crippen LogP contribution in [0.4, 0.5) is 0 Å². The lowest BCUT2D eigenvalue weighted by Crippen LogP contribution is -2.12. The average Bonchev–Trinajstić information content (AvgIpc) is 3.31. The van der Waals surface area contributed by atoms with Crippen molar-refractivity contribution in [3.8, 4) is 16.3 Å². The molecule has 0 fully saturated rings. The number of esters is 1. The van der Waals surface area contributed by atoms with Crippen LogP contribution < -0.4 is 0 Å². The van der Waals surface area contributed by atoms with Crippen molar-refractivity contribution in [2.75, 3.05) is 7.11 Å². The van der Waals surface area contributed by atoms with Gasteiger partial charge in [0.25, 0.3) is 0 Å². The Morgan fingerprint density at radius 2 is 1.85 bits per heavy atom. The number of methoxy groups -OCH3 is 1. The second-order valence-corrected chi connectivity index (χ2v) is 9.57. The normalized spacial score (nSPS) is 14.7. The predicted octanol–water partition coefficient (Wildman–Crippen LogP) is 4.82. The second kappa shape index (κ2) is 8.73. The molecule has 8 nitrogen and oxygen atoms in total. The largest absolute Gasteiger partial charge is 0.469 e. The van der Waals surface area contributed by atoms with Gasteiger partial charge in [0.1, 0.15) is 28.3 Å². The third-order valence-corrected chi connectivity index (χ3v) is 7.31. The van der Waals surface area contributed by atoms with Crippen molar-refractivity contribution in [2.24, 2.45) is 4.99 Å². The lowest BCUT2D eigenvalue weighted by Gasteiger charge is -2.12. The van der Waals surface area contributed by atoms with Gasteiger partial charge in [0.05, 0.1) is 24.9 Å². The monoisotopic (exact) mass is 492 g/mol. The molecule has 0 radical (unpaired) electrons. The van der Waals surface area contributed by atoms with Crippen LogP contribution in [0.1, 0.15) is 45.7 Å². The van der Waals surface area contributed by atoms with Gasteiger partial charge in [-0.25, -0.2) is 9.97 Å². The van der Waals surface area contributed by atoms with Crippen LogP contribution in [0.2, 0.25) is 5.15 Å². The summed E-state index contributed by atoms with van der Waals surface area (Å²) in [5, 5.41) is 10.1. The molecule has 3 aromatic heterocycles. The number of aromatic nitrogens is 5. The fourth-order valence-electron chi connectivity index (χ4n) is 4.06. The summed E-state index contributed by atoms with van der Waals surface area (Å²) in [6.45, 7) is 6.10. The quantitative estimate of drug-likeness (QED) is 0.299. The topological polar surface area (TPSA) is 95.2 Å². The van der Waals surface area contributed by atoms with Crippen LogP contribution in [0.3, 0.4) is 0 Å². The van der Waals surface area contributed by atoms with Crippen LogP contribution in [0, 0.1) is 20.8 Å². The van der Waals surface area contributed by atoms with Crippen LogP contribution in [0.25, 0.3) is 16.3 Å². The Hall–Kier alpha value is -3.43. The van der Waals surface area contributed by atoms with E-state index in [0.29, 0.717) is 11.0 Å². The summed E-state index contributed by atoms with van der Waals surface area (Å²) in [6, 6.07) is 9.19. The van der Waals surface area contributed by atoms with E-state index in [2.05, 4.69) is 34.0 Å². The number of aryl methyl sites for hydroxylation is 2. The van der Waals surface area contributed by atoms with Crippen molar-refractivity contribution in [2.45, 2.75) is 33.2 Å². The summed E-state index contributed by atoms with van der Waals surface area (Å²) in [5.41, 5.74) is 5.56. The summed E-state index contributed by atoms with van der Waals surface area (Å²) in [7, 11) is 1.38. The lowest BCUT2D eigenvalue weighted by atomic mass is 9.98. The van der Waals surface area contributed by atoms with Crippen LogP contribution in [0.5, 0.6) is 0 Å². The van der Waals surface area contributed by atoms with E-state index < -0.39 is 6.04 Å². The highest BCUT2D eigenvalue weighted by Gasteiger charge is 2.32. The predicted molar refractivity (Wildman–Crippen MR) is 131 cm³/mol. The maximum atomic E-state index is 12.2. The number of carbonyl (C=O) groups excluding carboxylic acids is 1. The van der Waals surface area contributed by atoms with Crippen LogP contribution in [-0.2, 0) is 9.53 Å². The van der Waals surface area contributed by atoms with Gasteiger partial charge < -0.3 is 4.74 Å². The van der Waals surface area contributed by atoms with E-state index in [1.54, 1.807) is 17.4 Å². The van der Waals surface area contributed by atoms with Gasteiger partial charge in [-0.3, -0.25) is 14.4 Å². The van der Waals surface area contributed by atoms with Crippen molar-refractivity contribution in [3.63, 3.8) is 0 Å². The highest BCUT2D eigenvalue weighted by Crippen LogP contribution is 2.39. The van der Waals surface area contributed by atoms with Crippen LogP contribution in [0.15, 0.2) is 41.7 Å². The molecule has 1 aliphatic heterocycles. The Labute approximate surface area is 205 Å². The van der Waals surface area contributed by atoms with Gasteiger partial charge in [0.2, 0.25) is 0 Å². The van der Waals surface area contributed by atoms with Crippen molar-refractivity contribution in [3.05, 3.63) is 75.0 Å². The number of hydrogen-bond donors (Lipinski definition) is 0. The minimum Gasteiger partial charge on any atom is -0.469 e. The number of fused-ring (bicyclic) bond motifs is 3. The van der Waals surface area contributed by atoms with Gasteiger partial charge in [-0.05, 0) is 26.3 Å². The van der Waals surface area contributed by atoms with Crippen LogP contribution >= 0.6 is 22.9 Å². The van der Waals surface area contributed by atoms with Crippen LogP contribution in [-0.4, -0.2) is 43.5 Å². The van der Waals surface area contributed by atoms with E-state index in [0.717, 1.165) is 44.5 Å². The molecule has 0 unspecified atom stereocenters. The molecule has 4 aromatic rings.